The van der Waals surface area contributed by atoms with Gasteiger partial charge in [-0.25, -0.2) is 0 Å². The zero-order valence-electron chi connectivity index (χ0n) is 15.9. The lowest BCUT2D eigenvalue weighted by Gasteiger charge is -2.39. The van der Waals surface area contributed by atoms with Crippen molar-refractivity contribution in [1.29, 1.82) is 0 Å². The van der Waals surface area contributed by atoms with E-state index in [2.05, 4.69) is 34.1 Å². The van der Waals surface area contributed by atoms with E-state index in [4.69, 9.17) is 4.74 Å². The lowest BCUT2D eigenvalue weighted by atomic mass is 9.96. The number of ether oxygens (including phenoxy) is 1. The Morgan fingerprint density at radius 3 is 2.21 bits per heavy atom. The van der Waals surface area contributed by atoms with E-state index in [1.54, 1.807) is 0 Å². The van der Waals surface area contributed by atoms with Gasteiger partial charge in [0.1, 0.15) is 0 Å². The van der Waals surface area contributed by atoms with Crippen LogP contribution in [0.4, 0.5) is 0 Å². The summed E-state index contributed by atoms with van der Waals surface area (Å²) in [5, 5.41) is 3.30. The molecular formula is C19H38N4O. The molecule has 140 valence electrons. The average molecular weight is 339 g/mol. The second-order valence-electron chi connectivity index (χ2n) is 8.24. The first kappa shape index (κ1) is 18.6. The maximum atomic E-state index is 6.40. The molecule has 1 unspecified atom stereocenters. The van der Waals surface area contributed by atoms with Crippen molar-refractivity contribution in [1.82, 2.24) is 20.0 Å². The Hall–Kier alpha value is -0.200. The summed E-state index contributed by atoms with van der Waals surface area (Å²) < 4.78 is 6.40. The lowest BCUT2D eigenvalue weighted by Crippen LogP contribution is -2.46. The van der Waals surface area contributed by atoms with Gasteiger partial charge < -0.3 is 19.9 Å². The summed E-state index contributed by atoms with van der Waals surface area (Å²) in [5.74, 6) is 0.860. The number of piperidine rings is 3. The molecule has 0 aromatic carbocycles. The summed E-state index contributed by atoms with van der Waals surface area (Å²) in [6.45, 7) is 9.75. The molecule has 3 aliphatic rings. The lowest BCUT2D eigenvalue weighted by molar-refractivity contribution is -0.0646. The first-order chi connectivity index (χ1) is 11.7. The van der Waals surface area contributed by atoms with E-state index in [0.29, 0.717) is 12.2 Å². The van der Waals surface area contributed by atoms with Gasteiger partial charge in [0.15, 0.2) is 0 Å². The maximum absolute atomic E-state index is 6.40. The Morgan fingerprint density at radius 2 is 1.54 bits per heavy atom. The molecule has 0 aromatic heterocycles. The highest BCUT2D eigenvalue weighted by molar-refractivity contribution is 4.80. The largest absolute Gasteiger partial charge is 0.375 e. The van der Waals surface area contributed by atoms with Gasteiger partial charge in [-0.3, -0.25) is 4.90 Å². The van der Waals surface area contributed by atoms with Crippen LogP contribution in [0.1, 0.15) is 38.5 Å². The summed E-state index contributed by atoms with van der Waals surface area (Å²) in [5.41, 5.74) is 0. The van der Waals surface area contributed by atoms with Crippen LogP contribution in [0.3, 0.4) is 0 Å². The minimum Gasteiger partial charge on any atom is -0.375 e. The van der Waals surface area contributed by atoms with Crippen LogP contribution in [0.5, 0.6) is 0 Å². The van der Waals surface area contributed by atoms with Crippen LogP contribution in [0.25, 0.3) is 0 Å². The van der Waals surface area contributed by atoms with Crippen molar-refractivity contribution < 1.29 is 4.74 Å². The van der Waals surface area contributed by atoms with Gasteiger partial charge in [-0.15, -0.1) is 0 Å². The molecule has 3 fully saturated rings. The second-order valence-corrected chi connectivity index (χ2v) is 8.24. The van der Waals surface area contributed by atoms with Crippen molar-refractivity contribution in [3.8, 4) is 0 Å². The van der Waals surface area contributed by atoms with Crippen molar-refractivity contribution in [2.75, 3.05) is 66.6 Å². The maximum Gasteiger partial charge on any atom is 0.0603 e. The van der Waals surface area contributed by atoms with Gasteiger partial charge in [-0.05, 0) is 65.1 Å². The number of hydrogen-bond acceptors (Lipinski definition) is 5. The summed E-state index contributed by atoms with van der Waals surface area (Å²) in [4.78, 5) is 7.69. The smallest absolute Gasteiger partial charge is 0.0603 e. The summed E-state index contributed by atoms with van der Waals surface area (Å²) in [6.07, 6.45) is 8.72. The third kappa shape index (κ3) is 5.67. The van der Waals surface area contributed by atoms with Crippen molar-refractivity contribution in [3.63, 3.8) is 0 Å². The van der Waals surface area contributed by atoms with Crippen LogP contribution in [-0.4, -0.2) is 93.5 Å². The minimum absolute atomic E-state index is 0.516. The first-order valence-corrected chi connectivity index (χ1v) is 10.2. The zero-order valence-corrected chi connectivity index (χ0v) is 15.9. The summed E-state index contributed by atoms with van der Waals surface area (Å²) in [7, 11) is 4.27. The van der Waals surface area contributed by atoms with Gasteiger partial charge in [0, 0.05) is 45.9 Å². The molecule has 5 heteroatoms. The Kier molecular flexibility index (Phi) is 7.35. The van der Waals surface area contributed by atoms with Crippen LogP contribution >= 0.6 is 0 Å². The number of nitrogens with one attached hydrogen (secondary N) is 1. The second kappa shape index (κ2) is 9.48. The van der Waals surface area contributed by atoms with E-state index in [1.807, 2.05) is 0 Å². The van der Waals surface area contributed by atoms with Crippen LogP contribution in [0.2, 0.25) is 0 Å². The van der Waals surface area contributed by atoms with Crippen molar-refractivity contribution >= 4 is 0 Å². The van der Waals surface area contributed by atoms with Gasteiger partial charge >= 0.3 is 0 Å². The van der Waals surface area contributed by atoms with E-state index in [9.17, 15) is 0 Å². The Balaban J connectivity index is 1.33. The summed E-state index contributed by atoms with van der Waals surface area (Å²) in [6, 6.07) is 0. The third-order valence-corrected chi connectivity index (χ3v) is 6.09. The molecular weight excluding hydrogens is 300 g/mol. The van der Waals surface area contributed by atoms with E-state index < -0.39 is 0 Å². The number of hydrogen-bond donors (Lipinski definition) is 1. The molecule has 3 aliphatic heterocycles. The van der Waals surface area contributed by atoms with Crippen LogP contribution in [0, 0.1) is 5.92 Å². The fourth-order valence-corrected chi connectivity index (χ4v) is 4.65. The molecule has 5 nitrogen and oxygen atoms in total. The fraction of sp³-hybridized carbons (Fsp3) is 1.00. The molecule has 0 bridgehead atoms. The highest BCUT2D eigenvalue weighted by Gasteiger charge is 2.27. The Bertz CT molecular complexity index is 349. The molecule has 3 rings (SSSR count). The number of rotatable bonds is 6. The predicted molar refractivity (Wildman–Crippen MR) is 99.3 cm³/mol. The molecule has 3 saturated heterocycles. The monoisotopic (exact) mass is 338 g/mol. The molecule has 3 heterocycles. The van der Waals surface area contributed by atoms with Gasteiger partial charge in [-0.1, -0.05) is 0 Å². The Morgan fingerprint density at radius 1 is 0.875 bits per heavy atom. The quantitative estimate of drug-likeness (QED) is 0.792. The van der Waals surface area contributed by atoms with Gasteiger partial charge in [0.05, 0.1) is 12.2 Å². The van der Waals surface area contributed by atoms with Gasteiger partial charge in [-0.2, -0.15) is 0 Å². The fourth-order valence-electron chi connectivity index (χ4n) is 4.65. The van der Waals surface area contributed by atoms with Crippen LogP contribution < -0.4 is 5.32 Å². The van der Waals surface area contributed by atoms with Crippen LogP contribution in [0.15, 0.2) is 0 Å². The standard InChI is InChI=1S/C19H38N4O/c1-20-16-23-9-3-4-17(15-23)14-22-12-7-19(8-13-22)24-18-5-10-21(2)11-6-18/h17-20H,3-16H2,1-2H3. The normalized spacial score (nSPS) is 30.0. The number of likely N-dealkylation sites (tertiary alicyclic amines) is 3. The van der Waals surface area contributed by atoms with E-state index >= 15 is 0 Å². The first-order valence-electron chi connectivity index (χ1n) is 10.2. The summed E-state index contributed by atoms with van der Waals surface area (Å²) >= 11 is 0. The van der Waals surface area contributed by atoms with E-state index in [-0.39, 0.29) is 0 Å². The molecule has 0 aliphatic carbocycles. The average Bonchev–Trinajstić information content (AvgIpc) is 2.59. The van der Waals surface area contributed by atoms with E-state index in [1.165, 1.54) is 84.3 Å². The molecule has 1 N–H and O–H groups in total. The molecule has 0 radical (unpaired) electrons. The SMILES string of the molecule is CNCN1CCCC(CN2CCC(OC3CCN(C)CC3)CC2)C1. The predicted octanol–water partition coefficient (Wildman–Crippen LogP) is 1.45. The van der Waals surface area contributed by atoms with Crippen molar-refractivity contribution in [3.05, 3.63) is 0 Å². The van der Waals surface area contributed by atoms with Gasteiger partial charge in [0.25, 0.3) is 0 Å². The van der Waals surface area contributed by atoms with Crippen LogP contribution in [-0.2, 0) is 4.74 Å². The zero-order chi connectivity index (χ0) is 16.8. The van der Waals surface area contributed by atoms with E-state index in [0.717, 1.165) is 12.6 Å². The molecule has 0 saturated carbocycles. The molecule has 1 atom stereocenters. The van der Waals surface area contributed by atoms with Gasteiger partial charge in [0.2, 0.25) is 0 Å². The molecule has 0 amide bonds. The highest BCUT2D eigenvalue weighted by atomic mass is 16.5. The van der Waals surface area contributed by atoms with Crippen molar-refractivity contribution in [2.45, 2.75) is 50.7 Å². The molecule has 24 heavy (non-hydrogen) atoms. The third-order valence-electron chi connectivity index (χ3n) is 6.09. The number of nitrogens with zero attached hydrogens (tertiary/aromatic N) is 3. The topological polar surface area (TPSA) is 31.0 Å². The highest BCUT2D eigenvalue weighted by Crippen LogP contribution is 2.23. The minimum atomic E-state index is 0.516. The molecule has 0 spiro atoms. The Labute approximate surface area is 148 Å². The molecule has 0 aromatic rings. The van der Waals surface area contributed by atoms with Crippen molar-refractivity contribution in [2.24, 2.45) is 5.92 Å².